The van der Waals surface area contributed by atoms with E-state index in [4.69, 9.17) is 39.7 Å². The Balaban J connectivity index is 0.000000202. The molecule has 14 rings (SSSR count). The Morgan fingerprint density at radius 3 is 1.42 bits per heavy atom. The zero-order chi connectivity index (χ0) is 101. The molecule has 6 heterocycles. The zero-order valence-electron chi connectivity index (χ0n) is 83.0. The number of amides is 6. The largest absolute Gasteiger partial charge is 0.493 e. The predicted octanol–water partition coefficient (Wildman–Crippen LogP) is 19.7. The Morgan fingerprint density at radius 1 is 0.467 bits per heavy atom. The van der Waals surface area contributed by atoms with Gasteiger partial charge in [-0.2, -0.15) is 0 Å². The van der Waals surface area contributed by atoms with Crippen LogP contribution < -0.4 is 39.1 Å². The van der Waals surface area contributed by atoms with E-state index in [9.17, 15) is 71.9 Å². The van der Waals surface area contributed by atoms with Crippen molar-refractivity contribution in [2.75, 3.05) is 44.8 Å². The second-order valence-electron chi connectivity index (χ2n) is 37.9. The second kappa shape index (κ2) is 48.7. The van der Waals surface area contributed by atoms with E-state index in [0.29, 0.717) is 114 Å². The first-order valence-corrected chi connectivity index (χ1v) is 46.7. The van der Waals surface area contributed by atoms with Crippen molar-refractivity contribution in [1.29, 1.82) is 0 Å². The Hall–Kier alpha value is -13.6. The van der Waals surface area contributed by atoms with Crippen molar-refractivity contribution < 1.29 is 105 Å². The van der Waals surface area contributed by atoms with Gasteiger partial charge in [-0.3, -0.25) is 81.7 Å². The van der Waals surface area contributed by atoms with Crippen molar-refractivity contribution in [1.82, 2.24) is 15.1 Å². The van der Waals surface area contributed by atoms with Crippen molar-refractivity contribution in [2.45, 2.75) is 275 Å². The number of ether oxygens (including phenoxy) is 7. The van der Waals surface area contributed by atoms with Crippen molar-refractivity contribution >= 4 is 93.7 Å². The number of esters is 3. The summed E-state index contributed by atoms with van der Waals surface area (Å²) in [6.45, 7) is 52.4. The monoisotopic (exact) mass is 1870 g/mol. The van der Waals surface area contributed by atoms with Crippen LogP contribution in [-0.4, -0.2) is 143 Å². The molecule has 728 valence electrons. The molecule has 27 nitrogen and oxygen atoms in total. The number of aryl methyl sites for hydroxylation is 4. The highest BCUT2D eigenvalue weighted by Crippen LogP contribution is 2.42. The number of hydrogen-bond acceptors (Lipinski definition) is 22. The molecule has 7 aliphatic rings. The summed E-state index contributed by atoms with van der Waals surface area (Å²) in [6.07, 6.45) is 6.19. The normalized spacial score (nSPS) is 15.4. The van der Waals surface area contributed by atoms with Gasteiger partial charge in [0.15, 0.2) is 35.5 Å². The number of ketones is 6. The molecule has 0 radical (unpaired) electrons. The summed E-state index contributed by atoms with van der Waals surface area (Å²) >= 11 is 0. The molecule has 1 saturated carbocycles. The lowest BCUT2D eigenvalue weighted by atomic mass is 9.76. The summed E-state index contributed by atoms with van der Waals surface area (Å²) < 4.78 is 37.9. The fourth-order valence-electron chi connectivity index (χ4n) is 15.5. The maximum Gasteiger partial charge on any atom is 0.319 e. The lowest BCUT2D eigenvalue weighted by molar-refractivity contribution is -0.146. The summed E-state index contributed by atoms with van der Waals surface area (Å²) in [5.41, 5.74) is 14.5. The van der Waals surface area contributed by atoms with E-state index in [1.54, 1.807) is 56.3 Å². The van der Waals surface area contributed by atoms with Crippen LogP contribution in [0.25, 0.3) is 4.85 Å². The van der Waals surface area contributed by atoms with Gasteiger partial charge in [0, 0.05) is 61.2 Å². The fraction of sp³-hybridized carbons (Fsp3) is 0.436. The number of fused-ring (bicyclic) bond motifs is 4. The van der Waals surface area contributed by atoms with Gasteiger partial charge in [0.25, 0.3) is 17.7 Å². The van der Waals surface area contributed by atoms with Crippen LogP contribution in [0.15, 0.2) is 156 Å². The fourth-order valence-corrected chi connectivity index (χ4v) is 15.5. The number of anilines is 1. The minimum Gasteiger partial charge on any atom is -0.493 e. The highest BCUT2D eigenvalue weighted by atomic mass is 16.6. The summed E-state index contributed by atoms with van der Waals surface area (Å²) in [7, 11) is 0. The predicted molar refractivity (Wildman–Crippen MR) is 521 cm³/mol. The van der Waals surface area contributed by atoms with Gasteiger partial charge in [-0.25, -0.2) is 4.85 Å². The van der Waals surface area contributed by atoms with E-state index in [2.05, 4.69) is 135 Å². The van der Waals surface area contributed by atoms with E-state index >= 15 is 0 Å². The summed E-state index contributed by atoms with van der Waals surface area (Å²) in [4.78, 5) is 179. The highest BCUT2D eigenvalue weighted by Gasteiger charge is 2.37. The van der Waals surface area contributed by atoms with E-state index < -0.39 is 23.8 Å². The molecule has 7 aromatic rings. The number of carbonyl (C=O) groups excluding carboxylic acids is 15. The smallest absolute Gasteiger partial charge is 0.319 e. The lowest BCUT2D eigenvalue weighted by Gasteiger charge is -2.30. The van der Waals surface area contributed by atoms with Crippen LogP contribution in [0.2, 0.25) is 0 Å². The minimum atomic E-state index is -0.586. The third kappa shape index (κ3) is 29.9. The van der Waals surface area contributed by atoms with E-state index in [-0.39, 0.29) is 167 Å². The van der Waals surface area contributed by atoms with Crippen LogP contribution >= 0.6 is 0 Å². The lowest BCUT2D eigenvalue weighted by Crippen LogP contribution is -2.43. The highest BCUT2D eigenvalue weighted by molar-refractivity contribution is 6.19. The van der Waals surface area contributed by atoms with Gasteiger partial charge in [-0.15, -0.1) is 0 Å². The van der Waals surface area contributed by atoms with Crippen LogP contribution in [0.1, 0.15) is 311 Å². The average Bonchev–Trinajstić information content (AvgIpc) is 0.787. The minimum absolute atomic E-state index is 0.0112. The molecule has 6 amide bonds. The topological polar surface area (TPSA) is 356 Å². The van der Waals surface area contributed by atoms with Gasteiger partial charge in [-0.05, 0) is 216 Å². The molecule has 27 heteroatoms. The van der Waals surface area contributed by atoms with Crippen LogP contribution in [0, 0.1) is 34.3 Å². The van der Waals surface area contributed by atoms with Crippen LogP contribution in [-0.2, 0) is 79.1 Å². The number of nitrogens with one attached hydrogen (secondary N) is 2. The van der Waals surface area contributed by atoms with E-state index in [1.165, 1.54) is 49.7 Å². The standard InChI is InChI=1S/C27H41NO4.C26H36N2O3.C14H15NO5.C13H14O2.C10H9NO2.2C10H8O3/c1-9-26(5,6)20-13-14-22(21(18-20)27(7,8)10-2)32-16-12-15-28-23(29)17-19(4)24(25(28)30)31-11-3;1-9-25(4,5)19-12-13-21(20(17-19)26(6,7)10-2)31-15-11-14-28-22(29)16-18(3)23(27-8)24(28)30;1-8(2)15-13(17)7-19-9-3-4-10-11(16)6-14(18)20-12(10)5-9;1-9-4-2-3-5-13(9)10-6-11(14)8-12(15)7-10;1-6-2-3-8-7(4-6)9(12)5-10(13)11-8;1-6-2-3-9-7(4-6)8(11)5-10(12)13-9;1-6-2-3-7-8(11)5-10(12)13-9(7)4-6/h13-14,18H,9-12,15-17H2,1-8H3;12-13,17H,9-11,14-16H2,1-7H3;3-5,8H,6-7H2,1-2H3,(H,15,17);2-5,10H,6-8H2,1H3;2-4H,5H2,1H3,(H,11,13);2*2-4H,5H2,1H3. The summed E-state index contributed by atoms with van der Waals surface area (Å²) in [5.74, 6) is -0.269. The molecule has 137 heavy (non-hydrogen) atoms. The Kier molecular flexibility index (Phi) is 38.6. The van der Waals surface area contributed by atoms with Gasteiger partial charge < -0.3 is 43.8 Å². The molecule has 0 saturated heterocycles. The van der Waals surface area contributed by atoms with Crippen molar-refractivity contribution in [3.8, 4) is 34.5 Å². The van der Waals surface area contributed by atoms with Crippen molar-refractivity contribution in [2.24, 2.45) is 0 Å². The van der Waals surface area contributed by atoms with E-state index in [0.717, 1.165) is 59.4 Å². The molecule has 0 atom stereocenters. The van der Waals surface area contributed by atoms with Crippen LogP contribution in [0.3, 0.4) is 0 Å². The Bertz CT molecular complexity index is 5800. The number of nitrogens with zero attached hydrogens (tertiary/aromatic N) is 3. The number of carbonyl (C=O) groups is 15. The third-order valence-electron chi connectivity index (χ3n) is 25.2. The molecule has 1 aliphatic carbocycles. The Morgan fingerprint density at radius 2 is 0.920 bits per heavy atom. The van der Waals surface area contributed by atoms with Gasteiger partial charge in [0.05, 0.1) is 68.0 Å². The molecule has 0 spiro atoms. The third-order valence-corrected chi connectivity index (χ3v) is 25.2. The zero-order valence-corrected chi connectivity index (χ0v) is 83.0. The summed E-state index contributed by atoms with van der Waals surface area (Å²) in [5, 5.41) is 5.34. The maximum atomic E-state index is 12.7. The van der Waals surface area contributed by atoms with Crippen molar-refractivity contribution in [3.05, 3.63) is 240 Å². The molecular formula is C110H131N5O22. The average molecular weight is 1880 g/mol. The first kappa shape index (κ1) is 109. The molecule has 0 unspecified atom stereocenters. The second-order valence-corrected chi connectivity index (χ2v) is 37.9. The molecule has 1 fully saturated rings. The first-order chi connectivity index (χ1) is 64.6. The van der Waals surface area contributed by atoms with Gasteiger partial charge in [-0.1, -0.05) is 173 Å². The number of hydrogen-bond donors (Lipinski definition) is 2. The Labute approximate surface area is 804 Å². The molecule has 2 N–H and O–H groups in total. The van der Waals surface area contributed by atoms with Gasteiger partial charge in [0.1, 0.15) is 65.3 Å². The maximum absolute atomic E-state index is 12.7. The SMILES string of the molecule is CC(C)NC(=O)COc1ccc2c(c1)OC(=O)CC2=O.CCOC1=C(C)CC(=O)N(CCCOc2ccc(C(C)(C)CC)cc2C(C)(C)CC)C1=O.Cc1ccc2c(c1)C(=O)CC(=O)N2.Cc1ccc2c(c1)C(=O)CC(=O)O2.Cc1ccc2c(c1)OC(=O)CC2=O.Cc1ccccc1C1CC(=O)CC(=O)C1.[C-]#[N+]C1=C(C)CC(=O)N(CCCOc2ccc(C(C)(C)CC)cc2C(C)(C)CC)C1=O. The van der Waals surface area contributed by atoms with Crippen LogP contribution in [0.5, 0.6) is 34.5 Å². The van der Waals surface area contributed by atoms with E-state index in [1.807, 2.05) is 90.9 Å². The van der Waals surface area contributed by atoms with Gasteiger partial charge >= 0.3 is 17.9 Å². The number of rotatable bonds is 25. The molecule has 7 aromatic carbocycles. The van der Waals surface area contributed by atoms with Crippen molar-refractivity contribution in [3.63, 3.8) is 0 Å². The number of Topliss-reactive ketones (excluding diaryl/α,β-unsaturated/α-hetero) is 6. The van der Waals surface area contributed by atoms with Crippen LogP contribution in [0.4, 0.5) is 5.69 Å². The number of imide groups is 2. The molecule has 0 aromatic heterocycles. The summed E-state index contributed by atoms with van der Waals surface area (Å²) in [6, 6.07) is 41.4. The molecule has 6 aliphatic heterocycles. The quantitative estimate of drug-likeness (QED) is 0.0134. The first-order valence-electron chi connectivity index (χ1n) is 46.7. The molecular weight excluding hydrogens is 1740 g/mol. The van der Waals surface area contributed by atoms with Gasteiger partial charge in [0.2, 0.25) is 23.4 Å². The molecule has 0 bridgehead atoms. The number of benzene rings is 7.